The van der Waals surface area contributed by atoms with Gasteiger partial charge in [-0.25, -0.2) is 8.42 Å². The molecule has 1 atom stereocenters. The van der Waals surface area contributed by atoms with Crippen LogP contribution in [-0.4, -0.2) is 37.1 Å². The lowest BCUT2D eigenvalue weighted by Crippen LogP contribution is -2.59. The van der Waals surface area contributed by atoms with Gasteiger partial charge in [-0.15, -0.1) is 0 Å². The molecule has 1 unspecified atom stereocenters. The molecule has 1 N–H and O–H groups in total. The Labute approximate surface area is 124 Å². The van der Waals surface area contributed by atoms with E-state index in [1.165, 1.54) is 6.07 Å². The molecule has 0 aromatic heterocycles. The zero-order valence-corrected chi connectivity index (χ0v) is 13.0. The maximum Gasteiger partial charge on any atom is 0.245 e. The summed E-state index contributed by atoms with van der Waals surface area (Å²) in [6.07, 6.45) is 0.309. The Bertz CT molecular complexity index is 697. The molecule has 1 fully saturated rings. The molecule has 0 saturated carbocycles. The van der Waals surface area contributed by atoms with Gasteiger partial charge in [-0.05, 0) is 31.9 Å². The van der Waals surface area contributed by atoms with Gasteiger partial charge in [-0.2, -0.15) is 4.31 Å². The van der Waals surface area contributed by atoms with E-state index in [0.29, 0.717) is 12.0 Å². The molecule has 1 aliphatic heterocycles. The molecule has 1 aromatic rings. The summed E-state index contributed by atoms with van der Waals surface area (Å²) in [6, 6.07) is 4.13. The first kappa shape index (κ1) is 15.7. The van der Waals surface area contributed by atoms with Gasteiger partial charge in [0, 0.05) is 0 Å². The summed E-state index contributed by atoms with van der Waals surface area (Å²) in [4.78, 5) is 23.5. The van der Waals surface area contributed by atoms with E-state index in [0.717, 1.165) is 9.87 Å². The van der Waals surface area contributed by atoms with Crippen molar-refractivity contribution in [1.82, 2.24) is 9.62 Å². The quantitative estimate of drug-likeness (QED) is 0.834. The number of nitrogens with zero attached hydrogens (tertiary/aromatic N) is 1. The van der Waals surface area contributed by atoms with Gasteiger partial charge < -0.3 is 0 Å². The van der Waals surface area contributed by atoms with Crippen molar-refractivity contribution in [3.05, 3.63) is 29.3 Å². The normalized spacial score (nSPS) is 20.4. The summed E-state index contributed by atoms with van der Waals surface area (Å²) < 4.78 is 26.5. The molecule has 2 rings (SSSR count). The second-order valence-electron chi connectivity index (χ2n) is 5.16. The second-order valence-corrected chi connectivity index (χ2v) is 7.01. The van der Waals surface area contributed by atoms with Gasteiger partial charge >= 0.3 is 0 Å². The molecule has 21 heavy (non-hydrogen) atoms. The number of hydrogen-bond donors (Lipinski definition) is 1. The van der Waals surface area contributed by atoms with E-state index in [1.54, 1.807) is 26.0 Å². The van der Waals surface area contributed by atoms with Crippen molar-refractivity contribution in [2.45, 2.75) is 38.1 Å². The zero-order chi connectivity index (χ0) is 15.8. The van der Waals surface area contributed by atoms with Crippen molar-refractivity contribution in [1.29, 1.82) is 0 Å². The van der Waals surface area contributed by atoms with Crippen LogP contribution in [0.2, 0.25) is 0 Å². The molecule has 7 heteroatoms. The molecule has 114 valence electrons. The minimum Gasteiger partial charge on any atom is -0.294 e. The lowest BCUT2D eigenvalue weighted by atomic mass is 10.2. The number of amides is 2. The first-order valence-electron chi connectivity index (χ1n) is 6.70. The third-order valence-corrected chi connectivity index (χ3v) is 5.53. The molecule has 1 aromatic carbocycles. The van der Waals surface area contributed by atoms with Gasteiger partial charge in [0.2, 0.25) is 21.8 Å². The summed E-state index contributed by atoms with van der Waals surface area (Å²) in [6.45, 7) is 4.95. The number of aryl methyl sites for hydroxylation is 2. The standard InChI is InChI=1S/C14H18N2O4S/c1-4-11-14(18)15-13(17)8-16(11)21(19,20)12-6-5-9(2)7-10(12)3/h5-7,11H,4,8H2,1-3H3,(H,15,17,18). The zero-order valence-electron chi connectivity index (χ0n) is 12.2. The fourth-order valence-electron chi connectivity index (χ4n) is 2.50. The number of hydrogen-bond acceptors (Lipinski definition) is 4. The van der Waals surface area contributed by atoms with Crippen LogP contribution in [0, 0.1) is 13.8 Å². The fraction of sp³-hybridized carbons (Fsp3) is 0.429. The highest BCUT2D eigenvalue weighted by Crippen LogP contribution is 2.24. The SMILES string of the molecule is CCC1C(=O)NC(=O)CN1S(=O)(=O)c1ccc(C)cc1C. The molecule has 1 saturated heterocycles. The van der Waals surface area contributed by atoms with E-state index in [2.05, 4.69) is 5.32 Å². The number of piperazine rings is 1. The molecule has 6 nitrogen and oxygen atoms in total. The predicted octanol–water partition coefficient (Wildman–Crippen LogP) is 0.729. The number of carbonyl (C=O) groups is 2. The Hall–Kier alpha value is -1.73. The van der Waals surface area contributed by atoms with Gasteiger partial charge in [0.1, 0.15) is 6.04 Å². The van der Waals surface area contributed by atoms with Crippen molar-refractivity contribution < 1.29 is 18.0 Å². The van der Waals surface area contributed by atoms with Crippen LogP contribution in [0.15, 0.2) is 23.1 Å². The van der Waals surface area contributed by atoms with E-state index >= 15 is 0 Å². The number of carbonyl (C=O) groups excluding carboxylic acids is 2. The van der Waals surface area contributed by atoms with E-state index < -0.39 is 27.9 Å². The minimum atomic E-state index is -3.88. The topological polar surface area (TPSA) is 83.6 Å². The van der Waals surface area contributed by atoms with Crippen LogP contribution in [0.4, 0.5) is 0 Å². The van der Waals surface area contributed by atoms with Crippen LogP contribution in [0.5, 0.6) is 0 Å². The smallest absolute Gasteiger partial charge is 0.245 e. The highest BCUT2D eigenvalue weighted by Gasteiger charge is 2.40. The molecular weight excluding hydrogens is 292 g/mol. The van der Waals surface area contributed by atoms with Crippen molar-refractivity contribution in [2.24, 2.45) is 0 Å². The van der Waals surface area contributed by atoms with E-state index in [4.69, 9.17) is 0 Å². The third kappa shape index (κ3) is 2.84. The summed E-state index contributed by atoms with van der Waals surface area (Å²) >= 11 is 0. The van der Waals surface area contributed by atoms with Gasteiger partial charge in [-0.1, -0.05) is 24.6 Å². The van der Waals surface area contributed by atoms with Crippen LogP contribution in [0.25, 0.3) is 0 Å². The van der Waals surface area contributed by atoms with Gasteiger partial charge in [0.15, 0.2) is 0 Å². The second kappa shape index (κ2) is 5.57. The number of benzene rings is 1. The van der Waals surface area contributed by atoms with Crippen LogP contribution in [-0.2, 0) is 19.6 Å². The Kier molecular flexibility index (Phi) is 4.15. The summed E-state index contributed by atoms with van der Waals surface area (Å²) in [5, 5.41) is 2.17. The lowest BCUT2D eigenvalue weighted by Gasteiger charge is -2.32. The Balaban J connectivity index is 2.50. The van der Waals surface area contributed by atoms with Crippen molar-refractivity contribution in [3.8, 4) is 0 Å². The van der Waals surface area contributed by atoms with Crippen molar-refractivity contribution >= 4 is 21.8 Å². The molecule has 0 spiro atoms. The van der Waals surface area contributed by atoms with Crippen LogP contribution < -0.4 is 5.32 Å². The van der Waals surface area contributed by atoms with E-state index in [-0.39, 0.29) is 11.4 Å². The third-order valence-electron chi connectivity index (χ3n) is 3.52. The Morgan fingerprint density at radius 1 is 1.29 bits per heavy atom. The van der Waals surface area contributed by atoms with Crippen LogP contribution >= 0.6 is 0 Å². The lowest BCUT2D eigenvalue weighted by molar-refractivity contribution is -0.137. The predicted molar refractivity (Wildman–Crippen MR) is 77.0 cm³/mol. The maximum absolute atomic E-state index is 12.8. The Morgan fingerprint density at radius 2 is 1.95 bits per heavy atom. The molecule has 0 aliphatic carbocycles. The van der Waals surface area contributed by atoms with Gasteiger partial charge in [-0.3, -0.25) is 14.9 Å². The van der Waals surface area contributed by atoms with Crippen molar-refractivity contribution in [2.75, 3.05) is 6.54 Å². The molecular formula is C14H18N2O4S. The highest BCUT2D eigenvalue weighted by molar-refractivity contribution is 7.89. The van der Waals surface area contributed by atoms with E-state index in [9.17, 15) is 18.0 Å². The van der Waals surface area contributed by atoms with Gasteiger partial charge in [0.25, 0.3) is 0 Å². The maximum atomic E-state index is 12.8. The Morgan fingerprint density at radius 3 is 2.52 bits per heavy atom. The van der Waals surface area contributed by atoms with E-state index in [1.807, 2.05) is 6.92 Å². The number of nitrogens with one attached hydrogen (secondary N) is 1. The van der Waals surface area contributed by atoms with Crippen LogP contribution in [0.1, 0.15) is 24.5 Å². The minimum absolute atomic E-state index is 0.133. The average molecular weight is 310 g/mol. The molecule has 1 aliphatic rings. The molecule has 0 radical (unpaired) electrons. The fourth-order valence-corrected chi connectivity index (χ4v) is 4.32. The first-order chi connectivity index (χ1) is 9.77. The highest BCUT2D eigenvalue weighted by atomic mass is 32.2. The number of imide groups is 1. The largest absolute Gasteiger partial charge is 0.294 e. The average Bonchev–Trinajstić information content (AvgIpc) is 2.37. The molecule has 2 amide bonds. The first-order valence-corrected chi connectivity index (χ1v) is 8.14. The number of rotatable bonds is 3. The summed E-state index contributed by atoms with van der Waals surface area (Å²) in [7, 11) is -3.88. The van der Waals surface area contributed by atoms with Crippen molar-refractivity contribution in [3.63, 3.8) is 0 Å². The molecule has 0 bridgehead atoms. The molecule has 1 heterocycles. The van der Waals surface area contributed by atoms with Gasteiger partial charge in [0.05, 0.1) is 11.4 Å². The monoisotopic (exact) mass is 310 g/mol. The summed E-state index contributed by atoms with van der Waals surface area (Å²) in [5.74, 6) is -1.17. The summed E-state index contributed by atoms with van der Waals surface area (Å²) in [5.41, 5.74) is 1.55. The number of sulfonamides is 1. The van der Waals surface area contributed by atoms with Crippen LogP contribution in [0.3, 0.4) is 0 Å².